The molecular formula is C14H18F2N2O4. The molecule has 8 heteroatoms. The second-order valence-corrected chi connectivity index (χ2v) is 4.84. The molecule has 1 amide bonds. The van der Waals surface area contributed by atoms with Crippen LogP contribution in [0.3, 0.4) is 0 Å². The fourth-order valence-electron chi connectivity index (χ4n) is 1.70. The zero-order valence-electron chi connectivity index (χ0n) is 12.3. The summed E-state index contributed by atoms with van der Waals surface area (Å²) >= 11 is 0. The first-order valence-electron chi connectivity index (χ1n) is 6.58. The molecule has 0 aliphatic heterocycles. The standard InChI is InChI=1S/C14H18F2N2O4/c1-9(2)18(8-13(20)21)7-12(19)17-10-3-5-11(6-4-10)22-14(15)16/h3-6,9,14H,7-8H2,1-2H3,(H,17,19)(H,20,21). The van der Waals surface area contributed by atoms with Crippen LogP contribution in [0.2, 0.25) is 0 Å². The van der Waals surface area contributed by atoms with Crippen LogP contribution in [0.25, 0.3) is 0 Å². The number of rotatable bonds is 8. The minimum absolute atomic E-state index is 0.0114. The van der Waals surface area contributed by atoms with Crippen LogP contribution in [-0.2, 0) is 9.59 Å². The Kier molecular flexibility index (Phi) is 6.71. The van der Waals surface area contributed by atoms with E-state index in [1.54, 1.807) is 13.8 Å². The molecule has 2 N–H and O–H groups in total. The van der Waals surface area contributed by atoms with Crippen LogP contribution in [0.1, 0.15) is 13.8 Å². The minimum Gasteiger partial charge on any atom is -0.480 e. The van der Waals surface area contributed by atoms with E-state index < -0.39 is 18.5 Å². The lowest BCUT2D eigenvalue weighted by Crippen LogP contribution is -2.41. The molecule has 0 fully saturated rings. The fraction of sp³-hybridized carbons (Fsp3) is 0.429. The molecule has 1 aromatic rings. The lowest BCUT2D eigenvalue weighted by molar-refractivity contribution is -0.139. The quantitative estimate of drug-likeness (QED) is 0.767. The molecule has 0 bridgehead atoms. The summed E-state index contributed by atoms with van der Waals surface area (Å²) in [5, 5.41) is 11.4. The van der Waals surface area contributed by atoms with Gasteiger partial charge in [0.25, 0.3) is 0 Å². The number of amides is 1. The highest BCUT2D eigenvalue weighted by molar-refractivity contribution is 5.92. The number of anilines is 1. The highest BCUT2D eigenvalue weighted by Crippen LogP contribution is 2.17. The lowest BCUT2D eigenvalue weighted by atomic mass is 10.3. The monoisotopic (exact) mass is 316 g/mol. The smallest absolute Gasteiger partial charge is 0.387 e. The summed E-state index contributed by atoms with van der Waals surface area (Å²) in [4.78, 5) is 24.1. The molecule has 1 rings (SSSR count). The van der Waals surface area contributed by atoms with Gasteiger partial charge >= 0.3 is 12.6 Å². The molecule has 0 radical (unpaired) electrons. The van der Waals surface area contributed by atoms with Crippen LogP contribution in [0.5, 0.6) is 5.75 Å². The van der Waals surface area contributed by atoms with Crippen LogP contribution in [-0.4, -0.2) is 47.6 Å². The predicted octanol–water partition coefficient (Wildman–Crippen LogP) is 2.02. The van der Waals surface area contributed by atoms with Gasteiger partial charge in [-0.2, -0.15) is 8.78 Å². The van der Waals surface area contributed by atoms with Gasteiger partial charge in [0.2, 0.25) is 5.91 Å². The summed E-state index contributed by atoms with van der Waals surface area (Å²) in [7, 11) is 0. The molecule has 122 valence electrons. The van der Waals surface area contributed by atoms with Gasteiger partial charge in [-0.1, -0.05) is 0 Å². The Hall–Kier alpha value is -2.22. The van der Waals surface area contributed by atoms with E-state index in [1.165, 1.54) is 29.2 Å². The van der Waals surface area contributed by atoms with Crippen molar-refractivity contribution < 1.29 is 28.2 Å². The number of ether oxygens (including phenoxy) is 1. The number of carbonyl (C=O) groups excluding carboxylic acids is 1. The van der Waals surface area contributed by atoms with Gasteiger partial charge in [0.05, 0.1) is 13.1 Å². The molecule has 0 aliphatic rings. The first-order valence-corrected chi connectivity index (χ1v) is 6.58. The maximum absolute atomic E-state index is 12.0. The molecule has 0 saturated heterocycles. The third-order valence-electron chi connectivity index (χ3n) is 2.78. The lowest BCUT2D eigenvalue weighted by Gasteiger charge is -2.23. The number of hydrogen-bond acceptors (Lipinski definition) is 4. The van der Waals surface area contributed by atoms with E-state index in [4.69, 9.17) is 5.11 Å². The van der Waals surface area contributed by atoms with Gasteiger partial charge in [-0.05, 0) is 38.1 Å². The summed E-state index contributed by atoms with van der Waals surface area (Å²) in [6.07, 6.45) is 0. The molecular weight excluding hydrogens is 298 g/mol. The van der Waals surface area contributed by atoms with Gasteiger partial charge in [0.15, 0.2) is 0 Å². The van der Waals surface area contributed by atoms with Gasteiger partial charge < -0.3 is 15.2 Å². The summed E-state index contributed by atoms with van der Waals surface area (Å²) in [6.45, 7) is 0.335. The maximum atomic E-state index is 12.0. The molecule has 0 spiro atoms. The summed E-state index contributed by atoms with van der Waals surface area (Å²) in [6, 6.07) is 5.35. The van der Waals surface area contributed by atoms with E-state index in [-0.39, 0.29) is 24.9 Å². The Bertz CT molecular complexity index is 506. The number of carbonyl (C=O) groups is 2. The zero-order chi connectivity index (χ0) is 16.7. The van der Waals surface area contributed by atoms with Crippen molar-refractivity contribution in [1.29, 1.82) is 0 Å². The molecule has 1 aromatic carbocycles. The van der Waals surface area contributed by atoms with Crippen LogP contribution in [0.15, 0.2) is 24.3 Å². The second kappa shape index (κ2) is 8.28. The topological polar surface area (TPSA) is 78.9 Å². The van der Waals surface area contributed by atoms with E-state index in [0.717, 1.165) is 0 Å². The Morgan fingerprint density at radius 3 is 2.27 bits per heavy atom. The van der Waals surface area contributed by atoms with Crippen molar-refractivity contribution in [2.45, 2.75) is 26.5 Å². The van der Waals surface area contributed by atoms with Crippen LogP contribution >= 0.6 is 0 Å². The Morgan fingerprint density at radius 2 is 1.82 bits per heavy atom. The highest BCUT2D eigenvalue weighted by Gasteiger charge is 2.17. The van der Waals surface area contributed by atoms with Crippen molar-refractivity contribution in [2.75, 3.05) is 18.4 Å². The molecule has 0 aromatic heterocycles. The number of benzene rings is 1. The van der Waals surface area contributed by atoms with E-state index >= 15 is 0 Å². The number of nitrogens with one attached hydrogen (secondary N) is 1. The number of halogens is 2. The van der Waals surface area contributed by atoms with E-state index in [2.05, 4.69) is 10.1 Å². The van der Waals surface area contributed by atoms with Crippen molar-refractivity contribution >= 4 is 17.6 Å². The Balaban J connectivity index is 2.58. The number of nitrogens with zero attached hydrogens (tertiary/aromatic N) is 1. The normalized spacial score (nSPS) is 11.0. The summed E-state index contributed by atoms with van der Waals surface area (Å²) < 4.78 is 28.2. The zero-order valence-corrected chi connectivity index (χ0v) is 12.3. The molecule has 6 nitrogen and oxygen atoms in total. The van der Waals surface area contributed by atoms with Gasteiger partial charge in [0, 0.05) is 11.7 Å². The Labute approximate surface area is 126 Å². The summed E-state index contributed by atoms with van der Waals surface area (Å²) in [5.41, 5.74) is 0.408. The third-order valence-corrected chi connectivity index (χ3v) is 2.78. The number of alkyl halides is 2. The van der Waals surface area contributed by atoms with Crippen molar-refractivity contribution in [3.8, 4) is 5.75 Å². The first-order chi connectivity index (χ1) is 10.3. The minimum atomic E-state index is -2.91. The highest BCUT2D eigenvalue weighted by atomic mass is 19.3. The van der Waals surface area contributed by atoms with Crippen LogP contribution < -0.4 is 10.1 Å². The second-order valence-electron chi connectivity index (χ2n) is 4.84. The van der Waals surface area contributed by atoms with E-state index in [9.17, 15) is 18.4 Å². The molecule has 0 heterocycles. The average Bonchev–Trinajstić information content (AvgIpc) is 2.39. The van der Waals surface area contributed by atoms with Crippen LogP contribution in [0.4, 0.5) is 14.5 Å². The SMILES string of the molecule is CC(C)N(CC(=O)O)CC(=O)Nc1ccc(OC(F)F)cc1. The fourth-order valence-corrected chi connectivity index (χ4v) is 1.70. The van der Waals surface area contributed by atoms with E-state index in [0.29, 0.717) is 5.69 Å². The third kappa shape index (κ3) is 6.49. The van der Waals surface area contributed by atoms with Gasteiger partial charge in [-0.3, -0.25) is 14.5 Å². The van der Waals surface area contributed by atoms with Crippen molar-refractivity contribution in [1.82, 2.24) is 4.90 Å². The molecule has 0 saturated carbocycles. The maximum Gasteiger partial charge on any atom is 0.387 e. The molecule has 0 aliphatic carbocycles. The van der Waals surface area contributed by atoms with Crippen LogP contribution in [0, 0.1) is 0 Å². The number of aliphatic carboxylic acids is 1. The van der Waals surface area contributed by atoms with Crippen molar-refractivity contribution in [3.63, 3.8) is 0 Å². The Morgan fingerprint density at radius 1 is 1.23 bits per heavy atom. The van der Waals surface area contributed by atoms with E-state index in [1.807, 2.05) is 0 Å². The van der Waals surface area contributed by atoms with Gasteiger partial charge in [-0.25, -0.2) is 0 Å². The predicted molar refractivity (Wildman–Crippen MR) is 76.0 cm³/mol. The first kappa shape index (κ1) is 17.8. The molecule has 0 unspecified atom stereocenters. The number of carboxylic acids is 1. The molecule has 0 atom stereocenters. The van der Waals surface area contributed by atoms with Gasteiger partial charge in [0.1, 0.15) is 5.75 Å². The number of carboxylic acid groups (broad SMARTS) is 1. The van der Waals surface area contributed by atoms with Crippen molar-refractivity contribution in [2.24, 2.45) is 0 Å². The number of hydrogen-bond donors (Lipinski definition) is 2. The average molecular weight is 316 g/mol. The largest absolute Gasteiger partial charge is 0.480 e. The van der Waals surface area contributed by atoms with Crippen molar-refractivity contribution in [3.05, 3.63) is 24.3 Å². The summed E-state index contributed by atoms with van der Waals surface area (Å²) in [5.74, 6) is -1.42. The molecule has 22 heavy (non-hydrogen) atoms. The van der Waals surface area contributed by atoms with Gasteiger partial charge in [-0.15, -0.1) is 0 Å².